The van der Waals surface area contributed by atoms with Crippen LogP contribution in [-0.4, -0.2) is 25.8 Å². The number of nitrogens with one attached hydrogen (secondary N) is 1. The van der Waals surface area contributed by atoms with E-state index in [1.165, 1.54) is 13.3 Å². The normalized spacial score (nSPS) is 10.1. The van der Waals surface area contributed by atoms with Gasteiger partial charge < -0.3 is 9.47 Å². The number of carbonyl (C=O) groups is 1. The van der Waals surface area contributed by atoms with Crippen LogP contribution in [0.25, 0.3) is 0 Å². The van der Waals surface area contributed by atoms with E-state index in [1.54, 1.807) is 42.5 Å². The van der Waals surface area contributed by atoms with Crippen LogP contribution >= 0.6 is 0 Å². The second-order valence-corrected chi connectivity index (χ2v) is 4.42. The molecule has 0 saturated carbocycles. The lowest BCUT2D eigenvalue weighted by Crippen LogP contribution is -2.17. The quantitative estimate of drug-likeness (QED) is 0.656. The van der Waals surface area contributed by atoms with E-state index in [4.69, 9.17) is 14.7 Å². The minimum absolute atomic E-state index is 0.0586. The van der Waals surface area contributed by atoms with Gasteiger partial charge in [-0.25, -0.2) is 5.43 Å². The van der Waals surface area contributed by atoms with E-state index in [2.05, 4.69) is 10.5 Å². The molecule has 2 aromatic carbocycles. The van der Waals surface area contributed by atoms with Crippen LogP contribution in [0.2, 0.25) is 0 Å². The number of amides is 1. The standard InChI is InChI=1S/C17H15N3O3/c1-22-16-11-13(7-8-15(16)23-10-9-18)12-19-20-17(21)14-5-3-2-4-6-14/h2-8,11-12H,10H2,1H3,(H,20,21)/b19-12+. The van der Waals surface area contributed by atoms with Crippen LogP contribution in [-0.2, 0) is 0 Å². The Hall–Kier alpha value is -3.33. The second kappa shape index (κ2) is 8.20. The summed E-state index contributed by atoms with van der Waals surface area (Å²) in [5.74, 6) is 0.667. The molecule has 0 aliphatic carbocycles. The molecule has 0 atom stereocenters. The number of nitrogens with zero attached hydrogens (tertiary/aromatic N) is 2. The van der Waals surface area contributed by atoms with E-state index >= 15 is 0 Å². The summed E-state index contributed by atoms with van der Waals surface area (Å²) in [5.41, 5.74) is 3.70. The zero-order valence-electron chi connectivity index (χ0n) is 12.5. The largest absolute Gasteiger partial charge is 0.493 e. The molecular formula is C17H15N3O3. The van der Waals surface area contributed by atoms with E-state index < -0.39 is 0 Å². The number of carbonyl (C=O) groups excluding carboxylic acids is 1. The van der Waals surface area contributed by atoms with Crippen molar-refractivity contribution in [3.63, 3.8) is 0 Å². The maximum absolute atomic E-state index is 11.8. The Morgan fingerprint density at radius 1 is 1.26 bits per heavy atom. The number of hydrogen-bond acceptors (Lipinski definition) is 5. The molecule has 0 bridgehead atoms. The average molecular weight is 309 g/mol. The summed E-state index contributed by atoms with van der Waals surface area (Å²) in [7, 11) is 1.51. The highest BCUT2D eigenvalue weighted by Gasteiger charge is 2.05. The minimum atomic E-state index is -0.289. The lowest BCUT2D eigenvalue weighted by atomic mass is 10.2. The Labute approximate surface area is 134 Å². The van der Waals surface area contributed by atoms with Gasteiger partial charge >= 0.3 is 0 Å². The molecule has 0 saturated heterocycles. The maximum Gasteiger partial charge on any atom is 0.271 e. The van der Waals surface area contributed by atoms with Gasteiger partial charge in [-0.05, 0) is 35.9 Å². The van der Waals surface area contributed by atoms with Gasteiger partial charge in [0.1, 0.15) is 6.07 Å². The Balaban J connectivity index is 2.02. The van der Waals surface area contributed by atoms with Crippen molar-refractivity contribution < 1.29 is 14.3 Å². The summed E-state index contributed by atoms with van der Waals surface area (Å²) >= 11 is 0. The van der Waals surface area contributed by atoms with Crippen molar-refractivity contribution >= 4 is 12.1 Å². The van der Waals surface area contributed by atoms with Crippen molar-refractivity contribution in [1.82, 2.24) is 5.43 Å². The first kappa shape index (κ1) is 16.0. The van der Waals surface area contributed by atoms with Crippen molar-refractivity contribution in [2.24, 2.45) is 5.10 Å². The van der Waals surface area contributed by atoms with Gasteiger partial charge in [0.05, 0.1) is 13.3 Å². The first-order valence-corrected chi connectivity index (χ1v) is 6.81. The van der Waals surface area contributed by atoms with Crippen LogP contribution in [0.4, 0.5) is 0 Å². The van der Waals surface area contributed by atoms with Crippen molar-refractivity contribution in [1.29, 1.82) is 5.26 Å². The molecular weight excluding hydrogens is 294 g/mol. The molecule has 0 heterocycles. The molecule has 1 amide bonds. The minimum Gasteiger partial charge on any atom is -0.493 e. The third-order valence-electron chi connectivity index (χ3n) is 2.90. The van der Waals surface area contributed by atoms with Crippen LogP contribution in [0.15, 0.2) is 53.6 Å². The van der Waals surface area contributed by atoms with Crippen LogP contribution in [0.1, 0.15) is 15.9 Å². The summed E-state index contributed by atoms with van der Waals surface area (Å²) < 4.78 is 10.4. The van der Waals surface area contributed by atoms with Crippen molar-refractivity contribution in [3.05, 3.63) is 59.7 Å². The molecule has 0 aliphatic rings. The molecule has 23 heavy (non-hydrogen) atoms. The summed E-state index contributed by atoms with van der Waals surface area (Å²) in [6.07, 6.45) is 1.50. The zero-order chi connectivity index (χ0) is 16.5. The van der Waals surface area contributed by atoms with E-state index in [-0.39, 0.29) is 12.5 Å². The zero-order valence-corrected chi connectivity index (χ0v) is 12.5. The van der Waals surface area contributed by atoms with Crippen molar-refractivity contribution in [2.75, 3.05) is 13.7 Å². The number of rotatable bonds is 6. The summed E-state index contributed by atoms with van der Waals surface area (Å²) in [5, 5.41) is 12.4. The first-order valence-electron chi connectivity index (χ1n) is 6.81. The number of benzene rings is 2. The van der Waals surface area contributed by atoms with E-state index in [0.29, 0.717) is 17.1 Å². The van der Waals surface area contributed by atoms with Gasteiger partial charge in [0.25, 0.3) is 5.91 Å². The van der Waals surface area contributed by atoms with Gasteiger partial charge in [-0.3, -0.25) is 4.79 Å². The fourth-order valence-corrected chi connectivity index (χ4v) is 1.81. The molecule has 6 heteroatoms. The molecule has 6 nitrogen and oxygen atoms in total. The number of methoxy groups -OCH3 is 1. The molecule has 1 N–H and O–H groups in total. The Morgan fingerprint density at radius 2 is 2.04 bits per heavy atom. The lowest BCUT2D eigenvalue weighted by Gasteiger charge is -2.08. The fourth-order valence-electron chi connectivity index (χ4n) is 1.81. The molecule has 116 valence electrons. The Bertz CT molecular complexity index is 736. The molecule has 2 aromatic rings. The lowest BCUT2D eigenvalue weighted by molar-refractivity contribution is 0.0955. The third kappa shape index (κ3) is 4.58. The molecule has 0 radical (unpaired) electrons. The maximum atomic E-state index is 11.8. The number of ether oxygens (including phenoxy) is 2. The average Bonchev–Trinajstić information content (AvgIpc) is 2.61. The molecule has 0 spiro atoms. The van der Waals surface area contributed by atoms with Gasteiger partial charge in [-0.15, -0.1) is 0 Å². The predicted molar refractivity (Wildman–Crippen MR) is 85.6 cm³/mol. The Kier molecular flexibility index (Phi) is 5.72. The third-order valence-corrected chi connectivity index (χ3v) is 2.90. The van der Waals surface area contributed by atoms with Gasteiger partial charge in [-0.2, -0.15) is 10.4 Å². The summed E-state index contributed by atoms with van der Waals surface area (Å²) in [4.78, 5) is 11.8. The van der Waals surface area contributed by atoms with Crippen LogP contribution in [0.5, 0.6) is 11.5 Å². The van der Waals surface area contributed by atoms with E-state index in [9.17, 15) is 4.79 Å². The van der Waals surface area contributed by atoms with Gasteiger partial charge in [0.2, 0.25) is 0 Å². The van der Waals surface area contributed by atoms with Gasteiger partial charge in [-0.1, -0.05) is 18.2 Å². The number of hydrazone groups is 1. The smallest absolute Gasteiger partial charge is 0.271 e. The monoisotopic (exact) mass is 309 g/mol. The van der Waals surface area contributed by atoms with Crippen molar-refractivity contribution in [3.8, 4) is 17.6 Å². The van der Waals surface area contributed by atoms with E-state index in [1.807, 2.05) is 12.1 Å². The molecule has 0 aromatic heterocycles. The second-order valence-electron chi connectivity index (χ2n) is 4.42. The van der Waals surface area contributed by atoms with Crippen LogP contribution < -0.4 is 14.9 Å². The molecule has 0 aliphatic heterocycles. The number of hydrogen-bond donors (Lipinski definition) is 1. The first-order chi connectivity index (χ1) is 11.2. The highest BCUT2D eigenvalue weighted by Crippen LogP contribution is 2.27. The Morgan fingerprint density at radius 3 is 2.74 bits per heavy atom. The van der Waals surface area contributed by atoms with Gasteiger partial charge in [0, 0.05) is 5.56 Å². The molecule has 0 fully saturated rings. The van der Waals surface area contributed by atoms with Crippen LogP contribution in [0.3, 0.4) is 0 Å². The summed E-state index contributed by atoms with van der Waals surface area (Å²) in [6, 6.07) is 15.8. The molecule has 2 rings (SSSR count). The fraction of sp³-hybridized carbons (Fsp3) is 0.118. The molecule has 0 unspecified atom stereocenters. The SMILES string of the molecule is COc1cc(/C=N/NC(=O)c2ccccc2)ccc1OCC#N. The van der Waals surface area contributed by atoms with Crippen molar-refractivity contribution in [2.45, 2.75) is 0 Å². The van der Waals surface area contributed by atoms with E-state index in [0.717, 1.165) is 5.56 Å². The van der Waals surface area contributed by atoms with Gasteiger partial charge in [0.15, 0.2) is 18.1 Å². The number of nitriles is 1. The summed E-state index contributed by atoms with van der Waals surface area (Å²) in [6.45, 7) is -0.0586. The predicted octanol–water partition coefficient (Wildman–Crippen LogP) is 2.36. The van der Waals surface area contributed by atoms with Crippen LogP contribution in [0, 0.1) is 11.3 Å². The topological polar surface area (TPSA) is 83.7 Å². The highest BCUT2D eigenvalue weighted by atomic mass is 16.5. The highest BCUT2D eigenvalue weighted by molar-refractivity contribution is 5.94.